The first-order valence-corrected chi connectivity index (χ1v) is 11.4. The molecule has 0 amide bonds. The quantitative estimate of drug-likeness (QED) is 0.189. The molecule has 2 aliphatic carbocycles. The lowest BCUT2D eigenvalue weighted by atomic mass is 9.95. The molecule has 0 saturated carbocycles. The van der Waals surface area contributed by atoms with Gasteiger partial charge in [0.05, 0.1) is 5.57 Å². The number of rotatable bonds is 2. The van der Waals surface area contributed by atoms with Crippen molar-refractivity contribution in [2.45, 2.75) is 12.8 Å². The van der Waals surface area contributed by atoms with Gasteiger partial charge in [-0.25, -0.2) is 26.3 Å². The molecular formula is C30H10F6N4. The molecule has 5 rings (SSSR count). The van der Waals surface area contributed by atoms with Gasteiger partial charge in [0.25, 0.3) is 0 Å². The van der Waals surface area contributed by atoms with Gasteiger partial charge in [0.15, 0.2) is 34.9 Å². The summed E-state index contributed by atoms with van der Waals surface area (Å²) in [4.78, 5) is 6.45. The molecule has 0 N–H and O–H groups in total. The molecule has 2 aliphatic rings. The van der Waals surface area contributed by atoms with E-state index in [0.717, 1.165) is 24.3 Å². The van der Waals surface area contributed by atoms with Crippen LogP contribution in [0.1, 0.15) is 22.3 Å². The van der Waals surface area contributed by atoms with Crippen LogP contribution >= 0.6 is 0 Å². The summed E-state index contributed by atoms with van der Waals surface area (Å²) in [7, 11) is 0. The first-order chi connectivity index (χ1) is 19.1. The molecule has 4 nitrogen and oxygen atoms in total. The number of fused-ring (bicyclic) bond motifs is 2. The molecule has 3 aromatic rings. The number of benzene rings is 3. The molecule has 3 aromatic carbocycles. The van der Waals surface area contributed by atoms with Gasteiger partial charge in [-0.3, -0.25) is 0 Å². The van der Waals surface area contributed by atoms with Crippen LogP contribution in [0.5, 0.6) is 0 Å². The number of allylic oxidation sites excluding steroid dienone is 3. The second kappa shape index (κ2) is 9.62. The highest BCUT2D eigenvalue weighted by Crippen LogP contribution is 2.36. The normalized spacial score (nSPS) is 13.2. The molecule has 0 aromatic heterocycles. The van der Waals surface area contributed by atoms with Crippen molar-refractivity contribution >= 4 is 11.1 Å². The highest BCUT2D eigenvalue weighted by molar-refractivity contribution is 5.88. The minimum Gasteiger partial charge on any atom is -0.204 e. The molecule has 10 heteroatoms. The van der Waals surface area contributed by atoms with Crippen molar-refractivity contribution in [3.05, 3.63) is 149 Å². The number of hydrogen-bond donors (Lipinski definition) is 0. The third-order valence-electron chi connectivity index (χ3n) is 6.76. The van der Waals surface area contributed by atoms with Crippen LogP contribution in [0, 0.1) is 70.7 Å². The fourth-order valence-electron chi connectivity index (χ4n) is 5.11. The van der Waals surface area contributed by atoms with E-state index < -0.39 is 34.9 Å². The Hall–Kier alpha value is -5.58. The highest BCUT2D eigenvalue weighted by Gasteiger charge is 2.31. The molecule has 192 valence electrons. The molecule has 0 heterocycles. The van der Waals surface area contributed by atoms with Crippen LogP contribution < -0.4 is 10.4 Å². The minimum atomic E-state index is -1.69. The molecule has 0 radical (unpaired) electrons. The van der Waals surface area contributed by atoms with E-state index in [0.29, 0.717) is 21.6 Å². The lowest BCUT2D eigenvalue weighted by molar-refractivity contribution is 0.446. The zero-order chi connectivity index (χ0) is 28.9. The lowest BCUT2D eigenvalue weighted by Gasteiger charge is -2.08. The minimum absolute atomic E-state index is 0.0551. The predicted octanol–water partition coefficient (Wildman–Crippen LogP) is 5.43. The van der Waals surface area contributed by atoms with E-state index in [9.17, 15) is 36.9 Å². The Morgan fingerprint density at radius 3 is 1.38 bits per heavy atom. The third kappa shape index (κ3) is 3.91. The van der Waals surface area contributed by atoms with Crippen molar-refractivity contribution in [2.24, 2.45) is 0 Å². The summed E-state index contributed by atoms with van der Waals surface area (Å²) in [5, 5.41) is 19.8. The maximum Gasteiger partial charge on any atom is 0.523 e. The zero-order valence-corrected chi connectivity index (χ0v) is 19.9. The SMILES string of the molecule is [C-]#[N+]C([N+]#[C-])=C1Cc2cc3c(cc2=C1c1cc(F)c(F)c(F)c1)CC(=C(C#N)C#N)C=3c1cc(F)c(F)c(F)c1. The first-order valence-electron chi connectivity index (χ1n) is 11.4. The molecule has 0 fully saturated rings. The Bertz CT molecular complexity index is 1830. The van der Waals surface area contributed by atoms with Crippen LogP contribution in [0.25, 0.3) is 20.8 Å². The van der Waals surface area contributed by atoms with E-state index >= 15 is 0 Å². The number of nitrogens with zero attached hydrogens (tertiary/aromatic N) is 4. The van der Waals surface area contributed by atoms with Crippen molar-refractivity contribution in [1.29, 1.82) is 10.5 Å². The van der Waals surface area contributed by atoms with Crippen LogP contribution in [0.15, 0.2) is 58.9 Å². The molecule has 40 heavy (non-hydrogen) atoms. The van der Waals surface area contributed by atoms with E-state index in [-0.39, 0.29) is 57.7 Å². The second-order valence-corrected chi connectivity index (χ2v) is 8.88. The van der Waals surface area contributed by atoms with Crippen molar-refractivity contribution in [1.82, 2.24) is 0 Å². The van der Waals surface area contributed by atoms with Gasteiger partial charge >= 0.3 is 5.82 Å². The van der Waals surface area contributed by atoms with Crippen molar-refractivity contribution in [3.8, 4) is 12.1 Å². The van der Waals surface area contributed by atoms with Gasteiger partial charge in [-0.05, 0) is 92.2 Å². The fourth-order valence-corrected chi connectivity index (χ4v) is 5.11. The number of halogens is 6. The van der Waals surface area contributed by atoms with Crippen LogP contribution in [0.2, 0.25) is 0 Å². The Labute approximate surface area is 222 Å². The zero-order valence-electron chi connectivity index (χ0n) is 19.9. The topological polar surface area (TPSA) is 56.3 Å². The maximum absolute atomic E-state index is 14.2. The van der Waals surface area contributed by atoms with E-state index in [1.54, 1.807) is 24.3 Å². The van der Waals surface area contributed by atoms with Crippen molar-refractivity contribution in [3.63, 3.8) is 0 Å². The van der Waals surface area contributed by atoms with Gasteiger partial charge in [-0.2, -0.15) is 20.2 Å². The predicted molar refractivity (Wildman–Crippen MR) is 129 cm³/mol. The Kier molecular flexibility index (Phi) is 6.26. The van der Waals surface area contributed by atoms with Crippen LogP contribution in [0.3, 0.4) is 0 Å². The summed E-state index contributed by atoms with van der Waals surface area (Å²) in [5.74, 6) is -9.67. The van der Waals surface area contributed by atoms with Gasteiger partial charge in [0, 0.05) is 6.42 Å². The van der Waals surface area contributed by atoms with Crippen molar-refractivity contribution in [2.75, 3.05) is 0 Å². The summed E-state index contributed by atoms with van der Waals surface area (Å²) in [6.07, 6.45) is -0.119. The molecule has 0 unspecified atom stereocenters. The molecule has 0 spiro atoms. The molecule has 0 aliphatic heterocycles. The summed E-state index contributed by atoms with van der Waals surface area (Å²) in [6.45, 7) is 14.8. The number of nitriles is 2. The third-order valence-corrected chi connectivity index (χ3v) is 6.76. The van der Waals surface area contributed by atoms with E-state index in [4.69, 9.17) is 13.1 Å². The average molecular weight is 540 g/mol. The molecule has 0 atom stereocenters. The molecule has 0 saturated heterocycles. The van der Waals surface area contributed by atoms with E-state index in [1.807, 2.05) is 0 Å². The molecular weight excluding hydrogens is 530 g/mol. The lowest BCUT2D eigenvalue weighted by Crippen LogP contribution is -2.17. The smallest absolute Gasteiger partial charge is 0.204 e. The summed E-state index contributed by atoms with van der Waals surface area (Å²) < 4.78 is 84.3. The second-order valence-electron chi connectivity index (χ2n) is 8.88. The van der Waals surface area contributed by atoms with Crippen LogP contribution in [-0.4, -0.2) is 0 Å². The first kappa shape index (κ1) is 26.0. The monoisotopic (exact) mass is 540 g/mol. The van der Waals surface area contributed by atoms with Crippen LogP contribution in [0.4, 0.5) is 26.3 Å². The summed E-state index contributed by atoms with van der Waals surface area (Å²) >= 11 is 0. The molecule has 0 bridgehead atoms. The Balaban J connectivity index is 1.93. The average Bonchev–Trinajstić information content (AvgIpc) is 3.47. The highest BCUT2D eigenvalue weighted by atomic mass is 19.2. The summed E-state index contributed by atoms with van der Waals surface area (Å²) in [6, 6.07) is 9.61. The fraction of sp³-hybridized carbons (Fsp3) is 0.0667. The summed E-state index contributed by atoms with van der Waals surface area (Å²) in [5.41, 5.74) is 0.822. The van der Waals surface area contributed by atoms with Gasteiger partial charge in [0.2, 0.25) is 0 Å². The standard InChI is InChI=1S/C30H10F6N4/c1-39-30(40-2)21-6-14-4-18-13(3-19(14)27(21)16-9-24(33)29(36)25(34)10-16)5-20(17(11-37)12-38)26(18)15-7-22(31)28(35)23(32)8-15/h3-4,7-10H,5-6H2. The van der Waals surface area contributed by atoms with E-state index in [1.165, 1.54) is 0 Å². The largest absolute Gasteiger partial charge is 0.523 e. The van der Waals surface area contributed by atoms with Crippen LogP contribution in [-0.2, 0) is 12.8 Å². The Morgan fingerprint density at radius 1 is 0.625 bits per heavy atom. The van der Waals surface area contributed by atoms with Gasteiger partial charge in [-0.1, -0.05) is 0 Å². The van der Waals surface area contributed by atoms with Crippen molar-refractivity contribution < 1.29 is 26.3 Å². The van der Waals surface area contributed by atoms with Gasteiger partial charge in [0.1, 0.15) is 30.9 Å². The van der Waals surface area contributed by atoms with Gasteiger partial charge < -0.3 is 0 Å². The van der Waals surface area contributed by atoms with E-state index in [2.05, 4.69) is 9.69 Å². The number of hydrogen-bond acceptors (Lipinski definition) is 2. The van der Waals surface area contributed by atoms with Gasteiger partial charge in [-0.15, -0.1) is 0 Å². The Morgan fingerprint density at radius 2 is 1.00 bits per heavy atom. The maximum atomic E-state index is 14.2.